The van der Waals surface area contributed by atoms with E-state index in [0.29, 0.717) is 0 Å². The topological polar surface area (TPSA) is 93.5 Å². The van der Waals surface area contributed by atoms with Gasteiger partial charge in [0.1, 0.15) is 19.9 Å². The first kappa shape index (κ1) is 9.95. The van der Waals surface area contributed by atoms with E-state index in [-0.39, 0.29) is 12.6 Å². The fourth-order valence-electron chi connectivity index (χ4n) is 1.51. The predicted molar refractivity (Wildman–Crippen MR) is 47.8 cm³/mol. The molecule has 70 valence electrons. The molecule has 2 atom stereocenters. The molecule has 5 nitrogen and oxygen atoms in total. The van der Waals surface area contributed by atoms with Crippen molar-refractivity contribution in [3.8, 4) is 0 Å². The van der Waals surface area contributed by atoms with Gasteiger partial charge in [0.25, 0.3) is 0 Å². The third-order valence-corrected chi connectivity index (χ3v) is 2.07. The SMILES string of the molecule is B[C@H]1CC[C@](CO)(NC(N)N)O1. The summed E-state index contributed by atoms with van der Waals surface area (Å²) in [5.41, 5.74) is 9.99. The standard InChI is InChI=1S/C6H16BN3O2/c7-4-1-2-6(3-11,12-4)10-5(8)9/h4-5,10-11H,1-3,7-9H2/t4-,6+/m1/s1. The van der Waals surface area contributed by atoms with Gasteiger partial charge in [-0.15, -0.1) is 0 Å². The quantitative estimate of drug-likeness (QED) is 0.274. The zero-order valence-corrected chi connectivity index (χ0v) is 7.29. The van der Waals surface area contributed by atoms with Crippen LogP contribution >= 0.6 is 0 Å². The lowest BCUT2D eigenvalue weighted by atomic mass is 9.97. The van der Waals surface area contributed by atoms with Gasteiger partial charge >= 0.3 is 0 Å². The second-order valence-corrected chi connectivity index (χ2v) is 3.29. The first-order valence-electron chi connectivity index (χ1n) is 4.15. The Morgan fingerprint density at radius 1 is 1.75 bits per heavy atom. The Bertz CT molecular complexity index is 158. The van der Waals surface area contributed by atoms with E-state index in [2.05, 4.69) is 5.32 Å². The maximum atomic E-state index is 9.08. The van der Waals surface area contributed by atoms with E-state index in [1.165, 1.54) is 0 Å². The molecule has 1 heterocycles. The van der Waals surface area contributed by atoms with Gasteiger partial charge in [0, 0.05) is 6.00 Å². The molecule has 0 aromatic carbocycles. The summed E-state index contributed by atoms with van der Waals surface area (Å²) >= 11 is 0. The van der Waals surface area contributed by atoms with Crippen molar-refractivity contribution in [1.29, 1.82) is 0 Å². The fraction of sp³-hybridized carbons (Fsp3) is 1.00. The van der Waals surface area contributed by atoms with Gasteiger partial charge < -0.3 is 21.3 Å². The molecular weight excluding hydrogens is 157 g/mol. The van der Waals surface area contributed by atoms with Gasteiger partial charge in [-0.3, -0.25) is 5.32 Å². The zero-order chi connectivity index (χ0) is 9.19. The molecule has 1 saturated heterocycles. The average Bonchev–Trinajstić information content (AvgIpc) is 2.32. The van der Waals surface area contributed by atoms with Crippen molar-refractivity contribution in [2.24, 2.45) is 11.5 Å². The molecule has 0 bridgehead atoms. The Hall–Kier alpha value is -0.135. The second-order valence-electron chi connectivity index (χ2n) is 3.29. The number of nitrogens with one attached hydrogen (secondary N) is 1. The number of nitrogens with two attached hydrogens (primary N) is 2. The minimum Gasteiger partial charge on any atom is -0.392 e. The number of hydrogen-bond donors (Lipinski definition) is 4. The van der Waals surface area contributed by atoms with Crippen molar-refractivity contribution >= 4 is 7.85 Å². The number of aliphatic hydroxyl groups excluding tert-OH is 1. The zero-order valence-electron chi connectivity index (χ0n) is 7.29. The smallest absolute Gasteiger partial charge is 0.144 e. The van der Waals surface area contributed by atoms with E-state index in [1.54, 1.807) is 0 Å². The van der Waals surface area contributed by atoms with E-state index in [0.717, 1.165) is 12.8 Å². The maximum absolute atomic E-state index is 9.08. The predicted octanol–water partition coefficient (Wildman–Crippen LogP) is -2.76. The van der Waals surface area contributed by atoms with Crippen molar-refractivity contribution in [2.75, 3.05) is 6.61 Å². The molecule has 0 radical (unpaired) electrons. The van der Waals surface area contributed by atoms with Crippen LogP contribution < -0.4 is 16.8 Å². The Morgan fingerprint density at radius 3 is 2.75 bits per heavy atom. The van der Waals surface area contributed by atoms with Crippen LogP contribution in [0.3, 0.4) is 0 Å². The monoisotopic (exact) mass is 173 g/mol. The Kier molecular flexibility index (Phi) is 3.08. The molecule has 6 N–H and O–H groups in total. The molecule has 0 aromatic rings. The highest BCUT2D eigenvalue weighted by Crippen LogP contribution is 2.25. The minimum atomic E-state index is -0.715. The Balaban J connectivity index is 2.52. The lowest BCUT2D eigenvalue weighted by Gasteiger charge is -2.30. The van der Waals surface area contributed by atoms with E-state index in [9.17, 15) is 0 Å². The fourth-order valence-corrected chi connectivity index (χ4v) is 1.51. The van der Waals surface area contributed by atoms with Gasteiger partial charge in [0.05, 0.1) is 6.61 Å². The van der Waals surface area contributed by atoms with Crippen LogP contribution in [0.2, 0.25) is 0 Å². The summed E-state index contributed by atoms with van der Waals surface area (Å²) in [6.07, 6.45) is 1.01. The molecular formula is C6H16BN3O2. The molecule has 0 saturated carbocycles. The molecule has 6 heteroatoms. The number of hydrogen-bond acceptors (Lipinski definition) is 5. The van der Waals surface area contributed by atoms with Gasteiger partial charge in [-0.25, -0.2) is 0 Å². The summed E-state index contributed by atoms with van der Waals surface area (Å²) in [5.74, 6) is 0. The first-order chi connectivity index (χ1) is 5.58. The Labute approximate surface area is 72.8 Å². The summed E-state index contributed by atoms with van der Waals surface area (Å²) in [5, 5.41) is 11.9. The van der Waals surface area contributed by atoms with Crippen LogP contribution in [0.4, 0.5) is 0 Å². The van der Waals surface area contributed by atoms with Gasteiger partial charge in [0.2, 0.25) is 0 Å². The van der Waals surface area contributed by atoms with Crippen molar-refractivity contribution < 1.29 is 9.84 Å². The van der Waals surface area contributed by atoms with Crippen LogP contribution in [-0.4, -0.2) is 37.6 Å². The minimum absolute atomic E-state index is 0.0950. The maximum Gasteiger partial charge on any atom is 0.144 e. The van der Waals surface area contributed by atoms with Gasteiger partial charge in [-0.2, -0.15) is 0 Å². The largest absolute Gasteiger partial charge is 0.392 e. The summed E-state index contributed by atoms with van der Waals surface area (Å²) in [6.45, 7) is -0.0950. The lowest BCUT2D eigenvalue weighted by Crippen LogP contribution is -2.59. The highest BCUT2D eigenvalue weighted by molar-refractivity contribution is 6.11. The van der Waals surface area contributed by atoms with Crippen molar-refractivity contribution in [3.05, 3.63) is 0 Å². The van der Waals surface area contributed by atoms with E-state index < -0.39 is 12.0 Å². The van der Waals surface area contributed by atoms with E-state index >= 15 is 0 Å². The van der Waals surface area contributed by atoms with Crippen LogP contribution in [0.25, 0.3) is 0 Å². The molecule has 1 fully saturated rings. The van der Waals surface area contributed by atoms with Gasteiger partial charge in [0.15, 0.2) is 0 Å². The normalized spacial score (nSPS) is 36.2. The highest BCUT2D eigenvalue weighted by Gasteiger charge is 2.38. The molecule has 0 unspecified atom stereocenters. The second kappa shape index (κ2) is 3.72. The summed E-state index contributed by atoms with van der Waals surface area (Å²) in [6, 6.07) is 0.156. The van der Waals surface area contributed by atoms with Crippen molar-refractivity contribution in [2.45, 2.75) is 30.9 Å². The molecule has 0 aromatic heterocycles. The van der Waals surface area contributed by atoms with Gasteiger partial charge in [-0.1, -0.05) is 0 Å². The van der Waals surface area contributed by atoms with Crippen LogP contribution in [0.5, 0.6) is 0 Å². The van der Waals surface area contributed by atoms with E-state index in [4.69, 9.17) is 21.3 Å². The third-order valence-electron chi connectivity index (χ3n) is 2.07. The molecule has 1 aliphatic rings. The van der Waals surface area contributed by atoms with Gasteiger partial charge in [-0.05, 0) is 12.8 Å². The summed E-state index contributed by atoms with van der Waals surface area (Å²) in [7, 11) is 1.96. The molecule has 0 spiro atoms. The van der Waals surface area contributed by atoms with Crippen molar-refractivity contribution in [1.82, 2.24) is 5.32 Å². The molecule has 0 aliphatic carbocycles. The van der Waals surface area contributed by atoms with Crippen LogP contribution in [-0.2, 0) is 4.74 Å². The number of ether oxygens (including phenoxy) is 1. The molecule has 0 amide bonds. The number of aliphatic hydroxyl groups is 1. The average molecular weight is 173 g/mol. The lowest BCUT2D eigenvalue weighted by molar-refractivity contribution is -0.0805. The van der Waals surface area contributed by atoms with E-state index in [1.807, 2.05) is 7.85 Å². The van der Waals surface area contributed by atoms with Crippen molar-refractivity contribution in [3.63, 3.8) is 0 Å². The summed E-state index contributed by atoms with van der Waals surface area (Å²) in [4.78, 5) is 0. The number of rotatable bonds is 3. The first-order valence-corrected chi connectivity index (χ1v) is 4.15. The van der Waals surface area contributed by atoms with Crippen LogP contribution in [0, 0.1) is 0 Å². The third kappa shape index (κ3) is 2.18. The molecule has 1 rings (SSSR count). The Morgan fingerprint density at radius 2 is 2.42 bits per heavy atom. The van der Waals surface area contributed by atoms with Crippen LogP contribution in [0.1, 0.15) is 12.8 Å². The van der Waals surface area contributed by atoms with Crippen LogP contribution in [0.15, 0.2) is 0 Å². The molecule has 12 heavy (non-hydrogen) atoms. The molecule has 1 aliphatic heterocycles. The summed E-state index contributed by atoms with van der Waals surface area (Å²) < 4.78 is 5.49. The highest BCUT2D eigenvalue weighted by atomic mass is 16.5.